The first kappa shape index (κ1) is 30.0. The first-order valence-electron chi connectivity index (χ1n) is 12.7. The summed E-state index contributed by atoms with van der Waals surface area (Å²) in [4.78, 5) is 0.341. The normalized spacial score (nSPS) is 33.3. The van der Waals surface area contributed by atoms with E-state index >= 15 is 0 Å². The second-order valence-corrected chi connectivity index (χ2v) is 14.4. The van der Waals surface area contributed by atoms with Crippen molar-refractivity contribution in [1.82, 2.24) is 0 Å². The summed E-state index contributed by atoms with van der Waals surface area (Å²) in [6.45, 7) is 4.73. The average molecular weight is 664 g/mol. The fraction of sp³-hybridized carbons (Fsp3) is 0.538. The highest BCUT2D eigenvalue weighted by Crippen LogP contribution is 2.34. The van der Waals surface area contributed by atoms with E-state index in [0.717, 1.165) is 11.1 Å². The topological polar surface area (TPSA) is 144 Å². The lowest BCUT2D eigenvalue weighted by molar-refractivity contribution is 0.00979. The molecule has 2 aromatic carbocycles. The quantitative estimate of drug-likeness (QED) is 0.357. The van der Waals surface area contributed by atoms with Gasteiger partial charge in [0.05, 0.1) is 41.0 Å². The number of aliphatic hydroxyl groups is 1. The molecule has 4 fully saturated rings. The maximum absolute atomic E-state index is 12.2. The second kappa shape index (κ2) is 12.0. The predicted octanol–water partition coefficient (Wildman–Crippen LogP) is 1.86. The number of alkyl halides is 1. The molecule has 8 atom stereocenters. The van der Waals surface area contributed by atoms with E-state index in [4.69, 9.17) is 27.3 Å². The smallest absolute Gasteiger partial charge is 0.297 e. The molecule has 2 aromatic rings. The molecule has 0 saturated carbocycles. The molecule has 4 saturated heterocycles. The van der Waals surface area contributed by atoms with Crippen LogP contribution in [0.25, 0.3) is 0 Å². The van der Waals surface area contributed by atoms with E-state index in [1.54, 1.807) is 36.4 Å². The Morgan fingerprint density at radius 2 is 1.05 bits per heavy atom. The van der Waals surface area contributed by atoms with Gasteiger partial charge in [-0.2, -0.15) is 16.8 Å². The van der Waals surface area contributed by atoms with Gasteiger partial charge in [-0.15, -0.1) is 0 Å². The SMILES string of the molecule is Cc1ccc(S(=O)(=O)O[C@@H]2CO[C@H]3[C@@H]2OC[C@@H]3Br)cc1.Cc1ccc(S(=O)(=O)O[C@@H]2CO[C@H]3[C@@H]2OC[C@H]3O)cc1. The van der Waals surface area contributed by atoms with Gasteiger partial charge in [0, 0.05) is 0 Å². The third-order valence-electron chi connectivity index (χ3n) is 7.05. The molecular weight excluding hydrogens is 632 g/mol. The third-order valence-corrected chi connectivity index (χ3v) is 10.5. The molecule has 4 heterocycles. The van der Waals surface area contributed by atoms with Crippen molar-refractivity contribution in [3.05, 3.63) is 59.7 Å². The summed E-state index contributed by atoms with van der Waals surface area (Å²) in [6, 6.07) is 13.0. The van der Waals surface area contributed by atoms with Gasteiger partial charge in [-0.05, 0) is 38.1 Å². The summed E-state index contributed by atoms with van der Waals surface area (Å²) in [6.07, 6.45) is -3.56. The van der Waals surface area contributed by atoms with Crippen LogP contribution in [0.5, 0.6) is 0 Å². The third kappa shape index (κ3) is 6.46. The highest BCUT2D eigenvalue weighted by atomic mass is 79.9. The van der Waals surface area contributed by atoms with Gasteiger partial charge in [0.1, 0.15) is 42.7 Å². The maximum atomic E-state index is 12.2. The van der Waals surface area contributed by atoms with E-state index in [2.05, 4.69) is 15.9 Å². The Morgan fingerprint density at radius 3 is 1.55 bits per heavy atom. The van der Waals surface area contributed by atoms with Crippen molar-refractivity contribution in [1.29, 1.82) is 0 Å². The molecule has 0 bridgehead atoms. The van der Waals surface area contributed by atoms with Crippen molar-refractivity contribution in [3.8, 4) is 0 Å². The molecule has 0 spiro atoms. The Balaban J connectivity index is 0.000000161. The van der Waals surface area contributed by atoms with Crippen LogP contribution in [0.4, 0.5) is 0 Å². The molecule has 0 amide bonds. The van der Waals surface area contributed by atoms with Gasteiger partial charge in [-0.1, -0.05) is 51.3 Å². The van der Waals surface area contributed by atoms with Gasteiger partial charge in [0.15, 0.2) is 0 Å². The van der Waals surface area contributed by atoms with E-state index in [1.807, 2.05) is 13.8 Å². The lowest BCUT2D eigenvalue weighted by Crippen LogP contribution is -2.34. The Bertz CT molecular complexity index is 1280. The molecule has 4 aliphatic heterocycles. The van der Waals surface area contributed by atoms with Crippen molar-refractivity contribution in [2.24, 2.45) is 0 Å². The minimum Gasteiger partial charge on any atom is -0.388 e. The van der Waals surface area contributed by atoms with Crippen molar-refractivity contribution in [2.45, 2.75) is 71.2 Å². The highest BCUT2D eigenvalue weighted by molar-refractivity contribution is 9.09. The average Bonchev–Trinajstić information content (AvgIpc) is 3.67. The molecule has 6 rings (SSSR count). The molecule has 1 N–H and O–H groups in total. The number of hydrogen-bond donors (Lipinski definition) is 1. The van der Waals surface area contributed by atoms with Crippen LogP contribution in [0.3, 0.4) is 0 Å². The highest BCUT2D eigenvalue weighted by Gasteiger charge is 2.50. The van der Waals surface area contributed by atoms with E-state index < -0.39 is 50.8 Å². The number of aliphatic hydroxyl groups excluding tert-OH is 1. The summed E-state index contributed by atoms with van der Waals surface area (Å²) < 4.78 is 81.0. The number of rotatable bonds is 6. The summed E-state index contributed by atoms with van der Waals surface area (Å²) >= 11 is 3.45. The number of halogens is 1. The van der Waals surface area contributed by atoms with Crippen LogP contribution in [0.1, 0.15) is 11.1 Å². The van der Waals surface area contributed by atoms with Crippen LogP contribution in [0, 0.1) is 13.8 Å². The summed E-state index contributed by atoms with van der Waals surface area (Å²) in [5, 5.41) is 9.61. The van der Waals surface area contributed by atoms with Crippen LogP contribution < -0.4 is 0 Å². The molecule has 4 aliphatic rings. The molecule has 14 heteroatoms. The van der Waals surface area contributed by atoms with E-state index in [9.17, 15) is 21.9 Å². The zero-order valence-electron chi connectivity index (χ0n) is 21.8. The van der Waals surface area contributed by atoms with Crippen LogP contribution >= 0.6 is 15.9 Å². The Kier molecular flexibility index (Phi) is 9.03. The van der Waals surface area contributed by atoms with Gasteiger partial charge in [-0.3, -0.25) is 8.37 Å². The molecule has 0 radical (unpaired) electrons. The summed E-state index contributed by atoms with van der Waals surface area (Å²) in [5.41, 5.74) is 1.96. The van der Waals surface area contributed by atoms with Crippen LogP contribution in [0.15, 0.2) is 58.3 Å². The van der Waals surface area contributed by atoms with Crippen LogP contribution in [-0.4, -0.2) is 95.9 Å². The van der Waals surface area contributed by atoms with Crippen molar-refractivity contribution < 1.29 is 49.3 Å². The predicted molar refractivity (Wildman–Crippen MR) is 144 cm³/mol. The maximum Gasteiger partial charge on any atom is 0.297 e. The fourth-order valence-corrected chi connectivity index (χ4v) is 7.62. The Morgan fingerprint density at radius 1 is 0.650 bits per heavy atom. The van der Waals surface area contributed by atoms with E-state index in [1.165, 1.54) is 12.1 Å². The number of ether oxygens (including phenoxy) is 4. The minimum atomic E-state index is -3.86. The van der Waals surface area contributed by atoms with Crippen molar-refractivity contribution >= 4 is 36.2 Å². The van der Waals surface area contributed by atoms with Crippen LogP contribution in [-0.2, 0) is 47.5 Å². The first-order valence-corrected chi connectivity index (χ1v) is 16.5. The Hall–Kier alpha value is -1.46. The minimum absolute atomic E-state index is 0.0863. The summed E-state index contributed by atoms with van der Waals surface area (Å²) in [5.74, 6) is 0. The van der Waals surface area contributed by atoms with Crippen LogP contribution in [0.2, 0.25) is 0 Å². The molecule has 0 aromatic heterocycles. The molecular formula is C26H31BrO11S2. The van der Waals surface area contributed by atoms with Gasteiger partial charge in [0.25, 0.3) is 20.2 Å². The molecule has 220 valence electrons. The number of fused-ring (bicyclic) bond motifs is 2. The molecule has 0 aliphatic carbocycles. The van der Waals surface area contributed by atoms with Gasteiger partial charge in [-0.25, -0.2) is 0 Å². The lowest BCUT2D eigenvalue weighted by Gasteiger charge is -2.16. The second-order valence-electron chi connectivity index (χ2n) is 10.1. The van der Waals surface area contributed by atoms with Gasteiger partial charge >= 0.3 is 0 Å². The van der Waals surface area contributed by atoms with Crippen molar-refractivity contribution in [3.63, 3.8) is 0 Å². The largest absolute Gasteiger partial charge is 0.388 e. The molecule has 11 nitrogen and oxygen atoms in total. The van der Waals surface area contributed by atoms with Crippen molar-refractivity contribution in [2.75, 3.05) is 26.4 Å². The fourth-order valence-electron chi connectivity index (χ4n) is 4.87. The zero-order chi connectivity index (χ0) is 28.7. The van der Waals surface area contributed by atoms with Gasteiger partial charge in [0.2, 0.25) is 0 Å². The van der Waals surface area contributed by atoms with E-state index in [0.29, 0.717) is 6.61 Å². The lowest BCUT2D eigenvalue weighted by atomic mass is 10.1. The zero-order valence-corrected chi connectivity index (χ0v) is 25.0. The van der Waals surface area contributed by atoms with Gasteiger partial charge < -0.3 is 24.1 Å². The number of benzene rings is 2. The Labute approximate surface area is 242 Å². The first-order chi connectivity index (χ1) is 18.9. The summed E-state index contributed by atoms with van der Waals surface area (Å²) in [7, 11) is -7.65. The van der Waals surface area contributed by atoms with E-state index in [-0.39, 0.29) is 46.6 Å². The number of hydrogen-bond acceptors (Lipinski definition) is 11. The molecule has 40 heavy (non-hydrogen) atoms. The molecule has 0 unspecified atom stereocenters. The number of aryl methyl sites for hydroxylation is 2. The standard InChI is InChI=1S/C13H15BrO5S.C13H16O6S/c2*1-8-2-4-9(5-3-8)20(15,16)19-11-7-18-12-10(14)6-17-13(11)12/h2-5,10-13H,6-7H2,1H3;2-5,10-14H,6-7H2,1H3/t10-,11+,12+,13+;10-,11-,12-,13-/m01/s1. The monoisotopic (exact) mass is 662 g/mol.